The highest BCUT2D eigenvalue weighted by atomic mass is 16.6. The Morgan fingerprint density at radius 3 is 2.33 bits per heavy atom. The maximum Gasteiger partial charge on any atom is 0.320 e. The first-order chi connectivity index (χ1) is 5.54. The minimum absolute atomic E-state index is 0.0324. The zero-order valence-electron chi connectivity index (χ0n) is 6.15. The van der Waals surface area contributed by atoms with E-state index in [-0.39, 0.29) is 11.8 Å². The van der Waals surface area contributed by atoms with Gasteiger partial charge in [0.1, 0.15) is 0 Å². The maximum atomic E-state index is 9.84. The van der Waals surface area contributed by atoms with Crippen molar-refractivity contribution < 1.29 is 4.92 Å². The Bertz CT molecular complexity index is 251. The molecule has 0 atom stereocenters. The van der Waals surface area contributed by atoms with Crippen molar-refractivity contribution in [3.63, 3.8) is 0 Å². The number of aromatic nitrogens is 1. The van der Waals surface area contributed by atoms with E-state index < -0.39 is 4.92 Å². The summed E-state index contributed by atoms with van der Waals surface area (Å²) in [4.78, 5) is 11.8. The summed E-state index contributed by atoms with van der Waals surface area (Å²) in [5, 5.41) is 15.9. The van der Waals surface area contributed by atoms with E-state index in [1.165, 1.54) is 12.3 Å². The van der Waals surface area contributed by atoms with Gasteiger partial charge in [-0.2, -0.15) is 0 Å². The van der Waals surface area contributed by atoms with Gasteiger partial charge in [-0.25, -0.2) is 4.98 Å². The molecular weight excluding hydrogens is 162 g/mol. The number of hydrogen-bond donors (Lipinski definition) is 4. The largest absolute Gasteiger partial charge is 0.370 e. The van der Waals surface area contributed by atoms with Crippen LogP contribution in [0.4, 0.5) is 5.82 Å². The maximum absolute atomic E-state index is 9.84. The Balaban J connectivity index is 0.000000261. The summed E-state index contributed by atoms with van der Waals surface area (Å²) in [6.45, 7) is 0. The van der Waals surface area contributed by atoms with Crippen molar-refractivity contribution in [3.05, 3.63) is 28.4 Å². The lowest BCUT2D eigenvalue weighted by molar-refractivity contribution is -0.389. The van der Waals surface area contributed by atoms with Crippen molar-refractivity contribution in [1.82, 2.24) is 4.98 Å². The number of hydrogen-bond acceptors (Lipinski definition) is 3. The molecule has 0 saturated heterocycles. The minimum atomic E-state index is -0.472. The average molecular weight is 171 g/mol. The number of nitrogens with one attached hydrogen (secondary N) is 2. The normalized spacial score (nSPS) is 8.00. The van der Waals surface area contributed by atoms with E-state index in [0.717, 1.165) is 0 Å². The molecule has 0 aliphatic rings. The van der Waals surface area contributed by atoms with E-state index in [2.05, 4.69) is 16.5 Å². The zero-order chi connectivity index (χ0) is 9.56. The van der Waals surface area contributed by atoms with Gasteiger partial charge in [0, 0.05) is 6.07 Å². The first-order valence-electron chi connectivity index (χ1n) is 2.91. The molecule has 0 aliphatic heterocycles. The lowest BCUT2D eigenvalue weighted by Crippen LogP contribution is -2.20. The molecule has 66 valence electrons. The molecule has 0 saturated carbocycles. The second-order valence-corrected chi connectivity index (χ2v) is 1.77. The van der Waals surface area contributed by atoms with Gasteiger partial charge in [0.2, 0.25) is 0 Å². The zero-order valence-corrected chi connectivity index (χ0v) is 6.15. The topological polar surface area (TPSA) is 135 Å². The second-order valence-electron chi connectivity index (χ2n) is 1.77. The lowest BCUT2D eigenvalue weighted by Gasteiger charge is -1.84. The van der Waals surface area contributed by atoms with Gasteiger partial charge in [-0.15, -0.1) is 0 Å². The van der Waals surface area contributed by atoms with Crippen LogP contribution in [0.15, 0.2) is 18.3 Å². The molecule has 0 unspecified atom stereocenters. The Labute approximate surface area is 68.0 Å². The van der Waals surface area contributed by atoms with Gasteiger partial charge in [-0.05, 0) is 11.0 Å². The Morgan fingerprint density at radius 1 is 1.67 bits per heavy atom. The van der Waals surface area contributed by atoms with Crippen molar-refractivity contribution in [2.75, 3.05) is 0 Å². The van der Waals surface area contributed by atoms with E-state index in [9.17, 15) is 10.1 Å². The molecule has 0 aromatic carbocycles. The van der Waals surface area contributed by atoms with Gasteiger partial charge in [0.15, 0.2) is 5.96 Å². The summed E-state index contributed by atoms with van der Waals surface area (Å²) in [6.07, 6.45) is 1.51. The summed E-state index contributed by atoms with van der Waals surface area (Å²) in [6, 6.07) is 2.98. The van der Waals surface area contributed by atoms with Gasteiger partial charge in [-0.1, -0.05) is 0 Å². The average Bonchev–Trinajstić information content (AvgIpc) is 2.34. The molecule has 1 heterocycles. The smallest absolute Gasteiger partial charge is 0.320 e. The molecule has 0 radical (unpaired) electrons. The first-order valence-corrected chi connectivity index (χ1v) is 2.91. The van der Waals surface area contributed by atoms with Crippen LogP contribution in [0.25, 0.3) is 0 Å². The van der Waals surface area contributed by atoms with Crippen LogP contribution in [-0.4, -0.2) is 15.9 Å². The minimum Gasteiger partial charge on any atom is -0.370 e. The molecule has 7 nitrogen and oxygen atoms in total. The van der Waals surface area contributed by atoms with Crippen LogP contribution >= 0.6 is 0 Å². The van der Waals surface area contributed by atoms with Crippen molar-refractivity contribution in [2.45, 2.75) is 0 Å². The third-order valence-corrected chi connectivity index (χ3v) is 0.778. The SMILES string of the molecule is N=C(N)N.O=[N+]([O-])c1ccc[nH]1. The van der Waals surface area contributed by atoms with Crippen molar-refractivity contribution >= 4 is 11.8 Å². The van der Waals surface area contributed by atoms with Crippen molar-refractivity contribution in [2.24, 2.45) is 11.5 Å². The Hall–Kier alpha value is -2.05. The number of guanidine groups is 1. The van der Waals surface area contributed by atoms with Gasteiger partial charge in [0.25, 0.3) is 0 Å². The second kappa shape index (κ2) is 4.72. The number of rotatable bonds is 1. The lowest BCUT2D eigenvalue weighted by atomic mass is 10.6. The van der Waals surface area contributed by atoms with Crippen LogP contribution in [0, 0.1) is 15.5 Å². The molecule has 1 aromatic heterocycles. The van der Waals surface area contributed by atoms with E-state index in [0.29, 0.717) is 0 Å². The summed E-state index contributed by atoms with van der Waals surface area (Å²) in [5.41, 5.74) is 8.94. The van der Waals surface area contributed by atoms with Crippen LogP contribution in [0.5, 0.6) is 0 Å². The quantitative estimate of drug-likeness (QED) is 0.200. The molecule has 0 aliphatic carbocycles. The summed E-state index contributed by atoms with van der Waals surface area (Å²) >= 11 is 0. The predicted molar refractivity (Wildman–Crippen MR) is 43.5 cm³/mol. The fourth-order valence-corrected chi connectivity index (χ4v) is 0.434. The number of nitro groups is 1. The third-order valence-electron chi connectivity index (χ3n) is 0.778. The molecule has 0 bridgehead atoms. The van der Waals surface area contributed by atoms with E-state index in [1.54, 1.807) is 6.07 Å². The van der Waals surface area contributed by atoms with Crippen molar-refractivity contribution in [3.8, 4) is 0 Å². The fourth-order valence-electron chi connectivity index (χ4n) is 0.434. The van der Waals surface area contributed by atoms with E-state index in [4.69, 9.17) is 5.41 Å². The molecule has 6 N–H and O–H groups in total. The highest BCUT2D eigenvalue weighted by molar-refractivity contribution is 5.71. The molecule has 1 aromatic rings. The number of nitrogens with zero attached hydrogens (tertiary/aromatic N) is 1. The summed E-state index contributed by atoms with van der Waals surface area (Å²) in [5.74, 6) is -0.301. The van der Waals surface area contributed by atoms with Gasteiger partial charge in [-0.3, -0.25) is 5.41 Å². The van der Waals surface area contributed by atoms with E-state index >= 15 is 0 Å². The molecule has 0 amide bonds. The number of nitrogens with two attached hydrogens (primary N) is 2. The van der Waals surface area contributed by atoms with Crippen molar-refractivity contribution in [1.29, 1.82) is 5.41 Å². The van der Waals surface area contributed by atoms with E-state index in [1.807, 2.05) is 0 Å². The molecule has 0 fully saturated rings. The highest BCUT2D eigenvalue weighted by Gasteiger charge is 1.97. The molecule has 0 spiro atoms. The summed E-state index contributed by atoms with van der Waals surface area (Å²) < 4.78 is 0. The molecule has 1 rings (SSSR count). The number of H-pyrrole nitrogens is 1. The highest BCUT2D eigenvalue weighted by Crippen LogP contribution is 2.02. The number of aromatic amines is 1. The van der Waals surface area contributed by atoms with Crippen LogP contribution in [0.1, 0.15) is 0 Å². The first kappa shape index (κ1) is 9.95. The molecule has 7 heteroatoms. The van der Waals surface area contributed by atoms with Crippen LogP contribution in [0.2, 0.25) is 0 Å². The fraction of sp³-hybridized carbons (Fsp3) is 0. The van der Waals surface area contributed by atoms with Gasteiger partial charge in [0.05, 0.1) is 6.20 Å². The third kappa shape index (κ3) is 4.79. The van der Waals surface area contributed by atoms with Crippen LogP contribution < -0.4 is 11.5 Å². The van der Waals surface area contributed by atoms with Gasteiger partial charge < -0.3 is 21.6 Å². The predicted octanol–water partition coefficient (Wildman–Crippen LogP) is -0.239. The van der Waals surface area contributed by atoms with Crippen LogP contribution in [-0.2, 0) is 0 Å². The Morgan fingerprint density at radius 2 is 2.17 bits per heavy atom. The monoisotopic (exact) mass is 171 g/mol. The summed E-state index contributed by atoms with van der Waals surface area (Å²) in [7, 11) is 0. The van der Waals surface area contributed by atoms with Crippen LogP contribution in [0.3, 0.4) is 0 Å². The standard InChI is InChI=1S/C4H4N2O2.CH5N3/c7-6(8)4-2-1-3-5-4;2-1(3)4/h1-3,5H;(H5,2,3,4). The molecule has 12 heavy (non-hydrogen) atoms. The Kier molecular flexibility index (Phi) is 3.91. The molecular formula is C5H9N5O2. The van der Waals surface area contributed by atoms with Gasteiger partial charge >= 0.3 is 5.82 Å².